The van der Waals surface area contributed by atoms with Crippen molar-refractivity contribution in [2.24, 2.45) is 0 Å². The second-order valence-corrected chi connectivity index (χ2v) is 2.87. The lowest BCUT2D eigenvalue weighted by Gasteiger charge is -2.13. The van der Waals surface area contributed by atoms with Crippen molar-refractivity contribution in [3.8, 4) is 0 Å². The number of pyridine rings is 1. The van der Waals surface area contributed by atoms with Crippen molar-refractivity contribution in [3.63, 3.8) is 0 Å². The molecule has 0 saturated heterocycles. The minimum absolute atomic E-state index is 0.179. The molecule has 0 radical (unpaired) electrons. The van der Waals surface area contributed by atoms with Crippen LogP contribution in [0.1, 0.15) is 5.56 Å². The molecule has 13 heavy (non-hydrogen) atoms. The van der Waals surface area contributed by atoms with E-state index in [4.69, 9.17) is 0 Å². The lowest BCUT2D eigenvalue weighted by molar-refractivity contribution is -0.496. The number of nitrogens with zero attached hydrogens (tertiary/aromatic N) is 3. The molecule has 0 fully saturated rings. The summed E-state index contributed by atoms with van der Waals surface area (Å²) in [5.74, 6) is 0.652. The van der Waals surface area contributed by atoms with Crippen molar-refractivity contribution in [1.82, 2.24) is 4.98 Å². The normalized spacial score (nSPS) is 9.69. The lowest BCUT2D eigenvalue weighted by atomic mass is 10.2. The van der Waals surface area contributed by atoms with Crippen LogP contribution in [0, 0.1) is 10.1 Å². The van der Waals surface area contributed by atoms with Crippen LogP contribution < -0.4 is 4.90 Å². The summed E-state index contributed by atoms with van der Waals surface area (Å²) in [6.07, 6.45) is 1.62. The maximum atomic E-state index is 10.3. The lowest BCUT2D eigenvalue weighted by Crippen LogP contribution is -2.14. The summed E-state index contributed by atoms with van der Waals surface area (Å²) in [4.78, 5) is 15.8. The molecule has 0 aliphatic heterocycles. The van der Waals surface area contributed by atoms with Crippen molar-refractivity contribution in [1.29, 1.82) is 0 Å². The first-order chi connectivity index (χ1) is 6.11. The maximum absolute atomic E-state index is 10.3. The van der Waals surface area contributed by atoms with Gasteiger partial charge in [0.1, 0.15) is 5.82 Å². The standard InChI is InChI=1S/C8H11N3O2/c1-10(2)8-7(6-11(12)13)4-3-5-9-8/h3-5H,6H2,1-2H3. The fourth-order valence-corrected chi connectivity index (χ4v) is 1.10. The van der Waals surface area contributed by atoms with Crippen molar-refractivity contribution < 1.29 is 4.92 Å². The third-order valence-electron chi connectivity index (χ3n) is 1.59. The smallest absolute Gasteiger partial charge is 0.232 e. The highest BCUT2D eigenvalue weighted by atomic mass is 16.6. The van der Waals surface area contributed by atoms with Crippen molar-refractivity contribution >= 4 is 5.82 Å². The monoisotopic (exact) mass is 181 g/mol. The largest absolute Gasteiger partial charge is 0.362 e. The first-order valence-corrected chi connectivity index (χ1v) is 3.84. The summed E-state index contributed by atoms with van der Waals surface area (Å²) in [5.41, 5.74) is 0.637. The first kappa shape index (κ1) is 9.44. The SMILES string of the molecule is CN(C)c1ncccc1C[N+](=O)[O-]. The van der Waals surface area contributed by atoms with E-state index in [1.54, 1.807) is 23.2 Å². The Morgan fingerprint density at radius 3 is 2.85 bits per heavy atom. The summed E-state index contributed by atoms with van der Waals surface area (Å²) in [7, 11) is 3.62. The van der Waals surface area contributed by atoms with Gasteiger partial charge in [-0.3, -0.25) is 10.1 Å². The van der Waals surface area contributed by atoms with Gasteiger partial charge in [-0.2, -0.15) is 0 Å². The Kier molecular flexibility index (Phi) is 2.79. The Balaban J connectivity index is 2.97. The zero-order valence-corrected chi connectivity index (χ0v) is 7.60. The Morgan fingerprint density at radius 1 is 1.62 bits per heavy atom. The predicted molar refractivity (Wildman–Crippen MR) is 49.3 cm³/mol. The molecule has 1 aromatic heterocycles. The van der Waals surface area contributed by atoms with Crippen LogP contribution in [0.15, 0.2) is 18.3 Å². The molecule has 1 rings (SSSR count). The topological polar surface area (TPSA) is 59.3 Å². The van der Waals surface area contributed by atoms with Crippen LogP contribution in [0.25, 0.3) is 0 Å². The Hall–Kier alpha value is -1.65. The van der Waals surface area contributed by atoms with E-state index < -0.39 is 0 Å². The van der Waals surface area contributed by atoms with Crippen LogP contribution in [0.4, 0.5) is 5.82 Å². The third-order valence-corrected chi connectivity index (χ3v) is 1.59. The molecule has 0 bridgehead atoms. The van der Waals surface area contributed by atoms with Crippen LogP contribution in [-0.4, -0.2) is 24.0 Å². The average molecular weight is 181 g/mol. The maximum Gasteiger partial charge on any atom is 0.232 e. The van der Waals surface area contributed by atoms with E-state index >= 15 is 0 Å². The van der Waals surface area contributed by atoms with Crippen LogP contribution in [0.2, 0.25) is 0 Å². The zero-order valence-electron chi connectivity index (χ0n) is 7.60. The second-order valence-electron chi connectivity index (χ2n) is 2.87. The zero-order chi connectivity index (χ0) is 9.84. The van der Waals surface area contributed by atoms with Gasteiger partial charge in [0.25, 0.3) is 0 Å². The Labute approximate surface area is 76.2 Å². The predicted octanol–water partition coefficient (Wildman–Crippen LogP) is 0.924. The molecule has 0 N–H and O–H groups in total. The van der Waals surface area contributed by atoms with E-state index in [-0.39, 0.29) is 11.5 Å². The van der Waals surface area contributed by atoms with Gasteiger partial charge in [0, 0.05) is 25.2 Å². The highest BCUT2D eigenvalue weighted by Crippen LogP contribution is 2.14. The summed E-state index contributed by atoms with van der Waals surface area (Å²) in [5, 5.41) is 10.3. The molecular formula is C8H11N3O2. The van der Waals surface area contributed by atoms with Crippen LogP contribution in [0.3, 0.4) is 0 Å². The summed E-state index contributed by atoms with van der Waals surface area (Å²) in [6.45, 7) is -0.179. The highest BCUT2D eigenvalue weighted by Gasteiger charge is 2.09. The van der Waals surface area contributed by atoms with Crippen molar-refractivity contribution in [2.45, 2.75) is 6.54 Å². The molecule has 5 heteroatoms. The molecule has 0 saturated carbocycles. The van der Waals surface area contributed by atoms with Crippen LogP contribution in [0.5, 0.6) is 0 Å². The number of anilines is 1. The van der Waals surface area contributed by atoms with Gasteiger partial charge in [0.15, 0.2) is 0 Å². The quantitative estimate of drug-likeness (QED) is 0.514. The van der Waals surface area contributed by atoms with Crippen molar-refractivity contribution in [2.75, 3.05) is 19.0 Å². The molecule has 0 aliphatic rings. The van der Waals surface area contributed by atoms with Crippen molar-refractivity contribution in [3.05, 3.63) is 34.0 Å². The molecule has 0 unspecified atom stereocenters. The molecule has 1 aromatic rings. The Morgan fingerprint density at radius 2 is 2.31 bits per heavy atom. The molecule has 5 nitrogen and oxygen atoms in total. The van der Waals surface area contributed by atoms with Crippen LogP contribution in [-0.2, 0) is 6.54 Å². The molecule has 0 spiro atoms. The third kappa shape index (κ3) is 2.40. The van der Waals surface area contributed by atoms with Gasteiger partial charge >= 0.3 is 0 Å². The second kappa shape index (κ2) is 3.84. The Bertz CT molecular complexity index is 312. The van der Waals surface area contributed by atoms with Gasteiger partial charge in [-0.1, -0.05) is 0 Å². The van der Waals surface area contributed by atoms with E-state index in [9.17, 15) is 10.1 Å². The number of hydrogen-bond acceptors (Lipinski definition) is 4. The van der Waals surface area contributed by atoms with Gasteiger partial charge in [-0.05, 0) is 12.1 Å². The number of rotatable bonds is 3. The van der Waals surface area contributed by atoms with Gasteiger partial charge in [-0.15, -0.1) is 0 Å². The average Bonchev–Trinajstić information content (AvgIpc) is 2.03. The number of nitro groups is 1. The fourth-order valence-electron chi connectivity index (χ4n) is 1.10. The molecule has 0 amide bonds. The first-order valence-electron chi connectivity index (χ1n) is 3.84. The highest BCUT2D eigenvalue weighted by molar-refractivity contribution is 5.44. The van der Waals surface area contributed by atoms with E-state index in [2.05, 4.69) is 4.98 Å². The van der Waals surface area contributed by atoms with Crippen LogP contribution >= 0.6 is 0 Å². The van der Waals surface area contributed by atoms with Gasteiger partial charge in [-0.25, -0.2) is 4.98 Å². The fraction of sp³-hybridized carbons (Fsp3) is 0.375. The minimum atomic E-state index is -0.357. The van der Waals surface area contributed by atoms with E-state index in [1.807, 2.05) is 14.1 Å². The summed E-state index contributed by atoms with van der Waals surface area (Å²) in [6, 6.07) is 3.41. The molecule has 0 atom stereocenters. The number of aromatic nitrogens is 1. The molecule has 0 aliphatic carbocycles. The summed E-state index contributed by atoms with van der Waals surface area (Å²) >= 11 is 0. The summed E-state index contributed by atoms with van der Waals surface area (Å²) < 4.78 is 0. The molecule has 1 heterocycles. The van der Waals surface area contributed by atoms with Gasteiger partial charge < -0.3 is 4.90 Å². The number of hydrogen-bond donors (Lipinski definition) is 0. The van der Waals surface area contributed by atoms with E-state index in [0.29, 0.717) is 11.4 Å². The van der Waals surface area contributed by atoms with Gasteiger partial charge in [0.2, 0.25) is 6.54 Å². The van der Waals surface area contributed by atoms with Gasteiger partial charge in [0.05, 0.1) is 5.56 Å². The molecule has 70 valence electrons. The van der Waals surface area contributed by atoms with E-state index in [1.165, 1.54) is 0 Å². The van der Waals surface area contributed by atoms with E-state index in [0.717, 1.165) is 0 Å². The minimum Gasteiger partial charge on any atom is -0.362 e. The molecule has 0 aromatic carbocycles. The molecular weight excluding hydrogens is 170 g/mol.